The van der Waals surface area contributed by atoms with E-state index in [2.05, 4.69) is 0 Å². The molecule has 20 heavy (non-hydrogen) atoms. The molecule has 0 amide bonds. The first-order valence-electron chi connectivity index (χ1n) is 7.55. The predicted molar refractivity (Wildman–Crippen MR) is 77.8 cm³/mol. The van der Waals surface area contributed by atoms with E-state index in [0.29, 0.717) is 18.8 Å². The van der Waals surface area contributed by atoms with Crippen LogP contribution in [-0.4, -0.2) is 26.6 Å². The van der Waals surface area contributed by atoms with Crippen LogP contribution in [0.2, 0.25) is 0 Å². The topological polar surface area (TPSA) is 60.4 Å². The van der Waals surface area contributed by atoms with Crippen molar-refractivity contribution in [3.8, 4) is 0 Å². The first-order valence-corrected chi connectivity index (χ1v) is 9.13. The lowest BCUT2D eigenvalue weighted by atomic mass is 9.70. The van der Waals surface area contributed by atoms with Crippen molar-refractivity contribution >= 4 is 15.9 Å². The first kappa shape index (κ1) is 16.0. The van der Waals surface area contributed by atoms with Crippen LogP contribution < -0.4 is 0 Å². The van der Waals surface area contributed by atoms with Gasteiger partial charge < -0.3 is 0 Å². The summed E-state index contributed by atoms with van der Waals surface area (Å²) in [7, 11) is -3.64. The normalized spacial score (nSPS) is 33.6. The summed E-state index contributed by atoms with van der Waals surface area (Å²) in [5.74, 6) is 0.527. The van der Waals surface area contributed by atoms with Gasteiger partial charge in [0.15, 0.2) is 0 Å². The van der Waals surface area contributed by atoms with Gasteiger partial charge in [-0.1, -0.05) is 34.1 Å². The highest BCUT2D eigenvalue weighted by Crippen LogP contribution is 2.64. The van der Waals surface area contributed by atoms with Gasteiger partial charge in [-0.3, -0.25) is 8.98 Å². The molecule has 0 spiro atoms. The summed E-state index contributed by atoms with van der Waals surface area (Å²) in [6.07, 6.45) is 3.07. The van der Waals surface area contributed by atoms with Crippen LogP contribution >= 0.6 is 0 Å². The van der Waals surface area contributed by atoms with Crippen LogP contribution in [0.25, 0.3) is 0 Å². The summed E-state index contributed by atoms with van der Waals surface area (Å²) in [5, 5.41) is 0. The molecule has 0 saturated heterocycles. The molecule has 3 atom stereocenters. The Bertz CT molecular complexity index is 494. The van der Waals surface area contributed by atoms with Gasteiger partial charge in [-0.15, -0.1) is 0 Å². The quantitative estimate of drug-likeness (QED) is 0.708. The molecule has 116 valence electrons. The molecule has 5 heteroatoms. The minimum atomic E-state index is -3.64. The molecule has 0 heterocycles. The molecule has 0 aromatic rings. The van der Waals surface area contributed by atoms with Crippen molar-refractivity contribution in [3.05, 3.63) is 0 Å². The Morgan fingerprint density at radius 2 is 2.05 bits per heavy atom. The highest BCUT2D eigenvalue weighted by Gasteiger charge is 2.65. The largest absolute Gasteiger partial charge is 0.299 e. The number of carbonyl (C=O) groups is 1. The summed E-state index contributed by atoms with van der Waals surface area (Å²) in [6, 6.07) is 0. The van der Waals surface area contributed by atoms with Crippen molar-refractivity contribution in [2.24, 2.45) is 22.7 Å². The van der Waals surface area contributed by atoms with Crippen LogP contribution in [0, 0.1) is 22.7 Å². The number of carbonyl (C=O) groups excluding carboxylic acids is 1. The Hall–Kier alpha value is -0.420. The lowest BCUT2D eigenvalue weighted by Gasteiger charge is -2.35. The van der Waals surface area contributed by atoms with E-state index in [1.165, 1.54) is 0 Å². The fraction of sp³-hybridized carbons (Fsp3) is 0.933. The number of Topliss-reactive ketones (excluding diaryl/α,β-unsaturated/α-hetero) is 1. The molecule has 0 aromatic carbocycles. The second-order valence-corrected chi connectivity index (χ2v) is 8.81. The Balaban J connectivity index is 2.14. The van der Waals surface area contributed by atoms with E-state index in [0.717, 1.165) is 12.8 Å². The first-order chi connectivity index (χ1) is 9.14. The summed E-state index contributed by atoms with van der Waals surface area (Å²) in [5.41, 5.74) is -0.942. The monoisotopic (exact) mass is 302 g/mol. The summed E-state index contributed by atoms with van der Waals surface area (Å²) in [4.78, 5) is 12.3. The van der Waals surface area contributed by atoms with Crippen LogP contribution in [0.3, 0.4) is 0 Å². The van der Waals surface area contributed by atoms with Crippen LogP contribution in [0.1, 0.15) is 53.4 Å². The molecule has 2 fully saturated rings. The molecular weight excluding hydrogens is 276 g/mol. The van der Waals surface area contributed by atoms with E-state index in [4.69, 9.17) is 4.18 Å². The van der Waals surface area contributed by atoms with Gasteiger partial charge >= 0.3 is 0 Å². The third-order valence-electron chi connectivity index (χ3n) is 5.79. The van der Waals surface area contributed by atoms with Crippen LogP contribution in [0.4, 0.5) is 0 Å². The Labute approximate surface area is 122 Å². The zero-order valence-electron chi connectivity index (χ0n) is 12.9. The van der Waals surface area contributed by atoms with Crippen molar-refractivity contribution in [2.75, 3.05) is 12.4 Å². The van der Waals surface area contributed by atoms with Crippen LogP contribution in [-0.2, 0) is 19.1 Å². The number of fused-ring (bicyclic) bond motifs is 2. The van der Waals surface area contributed by atoms with E-state index in [9.17, 15) is 13.2 Å². The molecule has 0 aromatic heterocycles. The minimum absolute atomic E-state index is 0.120. The van der Waals surface area contributed by atoms with Gasteiger partial charge in [-0.05, 0) is 30.1 Å². The molecule has 2 unspecified atom stereocenters. The Morgan fingerprint density at radius 3 is 2.50 bits per heavy atom. The third kappa shape index (κ3) is 2.43. The zero-order valence-corrected chi connectivity index (χ0v) is 13.8. The van der Waals surface area contributed by atoms with Gasteiger partial charge in [0.25, 0.3) is 10.1 Å². The maximum Gasteiger partial charge on any atom is 0.268 e. The number of rotatable bonds is 6. The predicted octanol–water partition coefficient (Wildman–Crippen LogP) is 2.77. The maximum absolute atomic E-state index is 12.3. The van der Waals surface area contributed by atoms with Crippen LogP contribution in [0.5, 0.6) is 0 Å². The van der Waals surface area contributed by atoms with E-state index in [-0.39, 0.29) is 29.5 Å². The number of hydrogen-bond donors (Lipinski definition) is 0. The minimum Gasteiger partial charge on any atom is -0.299 e. The lowest BCUT2D eigenvalue weighted by molar-refractivity contribution is -0.128. The molecule has 2 aliphatic carbocycles. The molecule has 0 aliphatic heterocycles. The molecule has 2 aliphatic rings. The van der Waals surface area contributed by atoms with Gasteiger partial charge in [-0.2, -0.15) is 8.42 Å². The third-order valence-corrected chi connectivity index (χ3v) is 7.13. The van der Waals surface area contributed by atoms with Gasteiger partial charge in [0.1, 0.15) is 5.78 Å². The zero-order chi connectivity index (χ0) is 15.2. The molecular formula is C15H26O4S. The highest BCUT2D eigenvalue weighted by atomic mass is 32.2. The Kier molecular flexibility index (Phi) is 4.06. The SMILES string of the molecule is CC[C@@H](C)COS(=O)(=O)CC12CCC(CC1=O)C2(C)C. The molecule has 2 rings (SSSR count). The fourth-order valence-electron chi connectivity index (χ4n) is 3.79. The molecule has 0 N–H and O–H groups in total. The fourth-order valence-corrected chi connectivity index (χ4v) is 5.59. The smallest absolute Gasteiger partial charge is 0.268 e. The van der Waals surface area contributed by atoms with Crippen molar-refractivity contribution in [2.45, 2.75) is 53.4 Å². The number of hydrogen-bond acceptors (Lipinski definition) is 4. The lowest BCUT2D eigenvalue weighted by Crippen LogP contribution is -2.42. The van der Waals surface area contributed by atoms with Gasteiger partial charge in [-0.25, -0.2) is 0 Å². The van der Waals surface area contributed by atoms with Gasteiger partial charge in [0.2, 0.25) is 0 Å². The van der Waals surface area contributed by atoms with Crippen molar-refractivity contribution in [1.29, 1.82) is 0 Å². The second-order valence-electron chi connectivity index (χ2n) is 7.17. The molecule has 2 bridgehead atoms. The molecule has 2 saturated carbocycles. The van der Waals surface area contributed by atoms with E-state index >= 15 is 0 Å². The van der Waals surface area contributed by atoms with Gasteiger partial charge in [0.05, 0.1) is 17.8 Å². The van der Waals surface area contributed by atoms with E-state index in [1.54, 1.807) is 0 Å². The highest BCUT2D eigenvalue weighted by molar-refractivity contribution is 7.86. The van der Waals surface area contributed by atoms with Crippen molar-refractivity contribution in [1.82, 2.24) is 0 Å². The van der Waals surface area contributed by atoms with Crippen molar-refractivity contribution in [3.63, 3.8) is 0 Å². The average molecular weight is 302 g/mol. The standard InChI is InChI=1S/C15H26O4S/c1-5-11(2)9-19-20(17,18)10-15-7-6-12(8-13(15)16)14(15,3)4/h11-12H,5-10H2,1-4H3/t11-,12?,15?/m1/s1. The second kappa shape index (κ2) is 5.09. The number of ketones is 1. The van der Waals surface area contributed by atoms with E-state index < -0.39 is 15.5 Å². The molecule has 0 radical (unpaired) electrons. The Morgan fingerprint density at radius 1 is 1.40 bits per heavy atom. The summed E-state index contributed by atoms with van der Waals surface area (Å²) in [6.45, 7) is 8.26. The summed E-state index contributed by atoms with van der Waals surface area (Å²) < 4.78 is 29.6. The maximum atomic E-state index is 12.3. The van der Waals surface area contributed by atoms with Crippen LogP contribution in [0.15, 0.2) is 0 Å². The average Bonchev–Trinajstić information content (AvgIpc) is 2.69. The van der Waals surface area contributed by atoms with Crippen molar-refractivity contribution < 1.29 is 17.4 Å². The summed E-state index contributed by atoms with van der Waals surface area (Å²) >= 11 is 0. The van der Waals surface area contributed by atoms with Gasteiger partial charge in [0, 0.05) is 6.42 Å². The molecule has 4 nitrogen and oxygen atoms in total. The van der Waals surface area contributed by atoms with E-state index in [1.807, 2.05) is 27.7 Å².